The monoisotopic (exact) mass is 783 g/mol. The molecule has 0 radical (unpaired) electrons. The number of rotatable bonds is 6. The van der Waals surface area contributed by atoms with E-state index in [-0.39, 0.29) is 0 Å². The van der Waals surface area contributed by atoms with Crippen LogP contribution in [0.2, 0.25) is 0 Å². The van der Waals surface area contributed by atoms with E-state index in [1.807, 2.05) is 30.6 Å². The van der Waals surface area contributed by atoms with Crippen LogP contribution in [-0.4, -0.2) is 14.5 Å². The van der Waals surface area contributed by atoms with Gasteiger partial charge in [0.05, 0.1) is 22.4 Å². The minimum atomic E-state index is 0.830. The summed E-state index contributed by atoms with van der Waals surface area (Å²) in [5.74, 6) is 0. The first-order valence-electron chi connectivity index (χ1n) is 21.1. The summed E-state index contributed by atoms with van der Waals surface area (Å²) in [6, 6.07) is 57.0. The molecule has 0 amide bonds. The van der Waals surface area contributed by atoms with Gasteiger partial charge in [0.25, 0.3) is 0 Å². The summed E-state index contributed by atoms with van der Waals surface area (Å²) in [5.41, 5.74) is 14.7. The summed E-state index contributed by atoms with van der Waals surface area (Å²) in [6.45, 7) is 4.51. The summed E-state index contributed by atoms with van der Waals surface area (Å²) < 4.78 is 2.35. The van der Waals surface area contributed by atoms with E-state index in [1.165, 1.54) is 54.6 Å². The van der Waals surface area contributed by atoms with Crippen LogP contribution in [0.1, 0.15) is 36.5 Å². The van der Waals surface area contributed by atoms with Crippen molar-refractivity contribution >= 4 is 43.7 Å². The van der Waals surface area contributed by atoms with Crippen LogP contribution in [0, 0.1) is 6.92 Å². The highest BCUT2D eigenvalue weighted by Gasteiger charge is 2.19. The van der Waals surface area contributed by atoms with Crippen molar-refractivity contribution < 1.29 is 0 Å². The van der Waals surface area contributed by atoms with Crippen LogP contribution in [-0.2, 0) is 0 Å². The SMILES string of the molecule is C/C(c1ccc2ccccc2c1)=c1/cccc/c1=C(\C1=CC/C=C\C=C/CC=C1)c1cc(-c2ccc3c(c2)c2c(-c4ccccn4)nccc2n3-c2ccccc2)ccc1C. The number of allylic oxidation sites excluding steroid dienone is 8. The first-order valence-corrected chi connectivity index (χ1v) is 21.1. The molecule has 3 heterocycles. The second-order valence-electron chi connectivity index (χ2n) is 15.7. The van der Waals surface area contributed by atoms with Crippen LogP contribution < -0.4 is 10.4 Å². The number of hydrogen-bond donors (Lipinski definition) is 0. The Morgan fingerprint density at radius 2 is 1.33 bits per heavy atom. The third-order valence-electron chi connectivity index (χ3n) is 11.9. The molecule has 6 aromatic carbocycles. The second-order valence-corrected chi connectivity index (χ2v) is 15.7. The van der Waals surface area contributed by atoms with Crippen LogP contribution in [0.15, 0.2) is 218 Å². The third-order valence-corrected chi connectivity index (χ3v) is 11.9. The molecule has 3 heteroatoms. The van der Waals surface area contributed by atoms with Gasteiger partial charge >= 0.3 is 0 Å². The number of hydrogen-bond acceptors (Lipinski definition) is 2. The molecule has 0 unspecified atom stereocenters. The fourth-order valence-electron chi connectivity index (χ4n) is 8.87. The number of aryl methyl sites for hydroxylation is 1. The Morgan fingerprint density at radius 3 is 2.18 bits per heavy atom. The van der Waals surface area contributed by atoms with Crippen LogP contribution >= 0.6 is 0 Å². The van der Waals surface area contributed by atoms with Gasteiger partial charge in [0.15, 0.2) is 0 Å². The van der Waals surface area contributed by atoms with E-state index in [0.29, 0.717) is 0 Å². The molecule has 61 heavy (non-hydrogen) atoms. The minimum Gasteiger partial charge on any atom is -0.309 e. The standard InChI is InChI=1S/C58H45N3/c1-40-28-29-46(47-32-33-54-52(39-47)57-55(61(54)48-23-11-8-12-24-48)34-36-60-58(57)53-27-17-18-35-59-53)38-51(40)56(43-20-9-6-4-3-5-7-10-21-43)50-26-16-15-25-49(50)41(2)44-31-30-42-19-13-14-22-45(42)37-44/h3-6,8,10-39H,7,9H2,1-2H3/b5-3-,6-4-,21-10?,43-20?,49-41+,56-50-. The van der Waals surface area contributed by atoms with Crippen molar-refractivity contribution in [2.75, 3.05) is 0 Å². The highest BCUT2D eigenvalue weighted by Crippen LogP contribution is 2.39. The Balaban J connectivity index is 1.23. The molecule has 0 N–H and O–H groups in total. The Hall–Kier alpha value is -7.62. The van der Waals surface area contributed by atoms with Crippen molar-refractivity contribution in [3.05, 3.63) is 245 Å². The van der Waals surface area contributed by atoms with E-state index < -0.39 is 0 Å². The molecule has 0 fully saturated rings. The molecule has 0 aliphatic heterocycles. The van der Waals surface area contributed by atoms with E-state index in [9.17, 15) is 0 Å². The molecule has 9 aromatic rings. The highest BCUT2D eigenvalue weighted by molar-refractivity contribution is 6.15. The van der Waals surface area contributed by atoms with Gasteiger partial charge in [-0.15, -0.1) is 0 Å². The van der Waals surface area contributed by atoms with Crippen LogP contribution in [0.5, 0.6) is 0 Å². The maximum atomic E-state index is 4.95. The lowest BCUT2D eigenvalue weighted by Gasteiger charge is -2.17. The molecule has 3 aromatic heterocycles. The number of para-hydroxylation sites is 1. The predicted octanol–water partition coefficient (Wildman–Crippen LogP) is 13.2. The van der Waals surface area contributed by atoms with Gasteiger partial charge in [-0.05, 0) is 147 Å². The smallest absolute Gasteiger partial charge is 0.0986 e. The van der Waals surface area contributed by atoms with Gasteiger partial charge in [-0.25, -0.2) is 0 Å². The average molecular weight is 784 g/mol. The molecule has 1 aliphatic carbocycles. The number of pyridine rings is 2. The van der Waals surface area contributed by atoms with Gasteiger partial charge in [-0.3, -0.25) is 9.97 Å². The number of nitrogens with zero attached hydrogens (tertiary/aromatic N) is 3. The third kappa shape index (κ3) is 7.25. The average Bonchev–Trinajstić information content (AvgIpc) is 3.66. The molecule has 0 saturated carbocycles. The minimum absolute atomic E-state index is 0.830. The normalized spacial score (nSPS) is 15.1. The molecule has 1 aliphatic rings. The molecule has 0 atom stereocenters. The van der Waals surface area contributed by atoms with E-state index >= 15 is 0 Å². The molecule has 0 saturated heterocycles. The van der Waals surface area contributed by atoms with Gasteiger partial charge in [0.1, 0.15) is 0 Å². The maximum Gasteiger partial charge on any atom is 0.0986 e. The molecule has 3 nitrogen and oxygen atoms in total. The first-order chi connectivity index (χ1) is 30.1. The van der Waals surface area contributed by atoms with Crippen molar-refractivity contribution in [1.82, 2.24) is 14.5 Å². The van der Waals surface area contributed by atoms with Crippen LogP contribution in [0.3, 0.4) is 0 Å². The van der Waals surface area contributed by atoms with Crippen LogP contribution in [0.25, 0.3) is 71.9 Å². The Labute approximate surface area is 357 Å². The van der Waals surface area contributed by atoms with E-state index in [4.69, 9.17) is 9.97 Å². The van der Waals surface area contributed by atoms with E-state index in [0.717, 1.165) is 62.8 Å². The first kappa shape index (κ1) is 37.6. The lowest BCUT2D eigenvalue weighted by molar-refractivity contribution is 1.17. The van der Waals surface area contributed by atoms with Crippen molar-refractivity contribution in [3.8, 4) is 28.2 Å². The fourth-order valence-corrected chi connectivity index (χ4v) is 8.87. The Kier molecular flexibility index (Phi) is 10.2. The highest BCUT2D eigenvalue weighted by atomic mass is 15.0. The second kappa shape index (κ2) is 16.6. The lowest BCUT2D eigenvalue weighted by atomic mass is 9.87. The number of aromatic nitrogens is 3. The van der Waals surface area contributed by atoms with Crippen molar-refractivity contribution in [2.24, 2.45) is 0 Å². The largest absolute Gasteiger partial charge is 0.309 e. The van der Waals surface area contributed by atoms with Crippen molar-refractivity contribution in [1.29, 1.82) is 0 Å². The number of fused-ring (bicyclic) bond motifs is 4. The van der Waals surface area contributed by atoms with Crippen LogP contribution in [0.4, 0.5) is 0 Å². The van der Waals surface area contributed by atoms with Gasteiger partial charge in [0.2, 0.25) is 0 Å². The fraction of sp³-hybridized carbons (Fsp3) is 0.0690. The summed E-state index contributed by atoms with van der Waals surface area (Å²) in [5, 5.41) is 7.17. The Bertz CT molecular complexity index is 3360. The summed E-state index contributed by atoms with van der Waals surface area (Å²) in [6.07, 6.45) is 21.2. The van der Waals surface area contributed by atoms with Gasteiger partial charge in [-0.1, -0.05) is 146 Å². The quantitative estimate of drug-likeness (QED) is 0.168. The van der Waals surface area contributed by atoms with Gasteiger partial charge < -0.3 is 4.57 Å². The Morgan fingerprint density at radius 1 is 0.574 bits per heavy atom. The molecule has 292 valence electrons. The topological polar surface area (TPSA) is 30.7 Å². The van der Waals surface area contributed by atoms with E-state index in [2.05, 4.69) is 200 Å². The predicted molar refractivity (Wildman–Crippen MR) is 257 cm³/mol. The number of benzene rings is 6. The van der Waals surface area contributed by atoms with Gasteiger partial charge in [-0.2, -0.15) is 0 Å². The lowest BCUT2D eigenvalue weighted by Crippen LogP contribution is -2.30. The molecule has 0 bridgehead atoms. The maximum absolute atomic E-state index is 4.95. The zero-order valence-electron chi connectivity index (χ0n) is 34.5. The van der Waals surface area contributed by atoms with Crippen molar-refractivity contribution in [3.63, 3.8) is 0 Å². The molecule has 10 rings (SSSR count). The molecule has 0 spiro atoms. The summed E-state index contributed by atoms with van der Waals surface area (Å²) in [4.78, 5) is 9.72. The summed E-state index contributed by atoms with van der Waals surface area (Å²) in [7, 11) is 0. The van der Waals surface area contributed by atoms with Gasteiger partial charge in [0, 0.05) is 28.9 Å². The zero-order chi connectivity index (χ0) is 41.1. The molecular weight excluding hydrogens is 739 g/mol. The van der Waals surface area contributed by atoms with Crippen molar-refractivity contribution in [2.45, 2.75) is 26.7 Å². The molecular formula is C58H45N3. The zero-order valence-corrected chi connectivity index (χ0v) is 34.5. The van der Waals surface area contributed by atoms with E-state index in [1.54, 1.807) is 0 Å². The summed E-state index contributed by atoms with van der Waals surface area (Å²) >= 11 is 0.